The Hall–Kier alpha value is -3.54. The van der Waals surface area contributed by atoms with Crippen LogP contribution in [0.5, 0.6) is 11.5 Å². The van der Waals surface area contributed by atoms with Gasteiger partial charge in [-0.15, -0.1) is 0 Å². The van der Waals surface area contributed by atoms with Crippen molar-refractivity contribution >= 4 is 23.6 Å². The number of rotatable bonds is 5. The summed E-state index contributed by atoms with van der Waals surface area (Å²) < 4.78 is 15.6. The largest absolute Gasteiger partial charge is 0.493 e. The van der Waals surface area contributed by atoms with E-state index < -0.39 is 5.97 Å². The lowest BCUT2D eigenvalue weighted by molar-refractivity contribution is -0.136. The van der Waals surface area contributed by atoms with Crippen LogP contribution in [0.25, 0.3) is 6.08 Å². The highest BCUT2D eigenvalue weighted by Gasteiger charge is 2.38. The van der Waals surface area contributed by atoms with Crippen LogP contribution in [0.1, 0.15) is 18.1 Å². The van der Waals surface area contributed by atoms with Crippen molar-refractivity contribution in [2.45, 2.75) is 13.8 Å². The van der Waals surface area contributed by atoms with Crippen molar-refractivity contribution in [2.75, 3.05) is 26.2 Å². The van der Waals surface area contributed by atoms with E-state index in [1.165, 1.54) is 19.1 Å². The average Bonchev–Trinajstić information content (AvgIpc) is 2.96. The standard InChI is InChI=1S/C23H23NO5/c1-14-7-6-8-16(11-14)12-18-21(23(26)29-5)15(2)24(22(18)25)17-9-10-19(27-3)20(13-17)28-4/h6-13H,1-5H3/b18-12-. The van der Waals surface area contributed by atoms with E-state index in [0.717, 1.165) is 11.1 Å². The smallest absolute Gasteiger partial charge is 0.340 e. The van der Waals surface area contributed by atoms with Crippen molar-refractivity contribution in [1.82, 2.24) is 0 Å². The van der Waals surface area contributed by atoms with Crippen LogP contribution in [0.15, 0.2) is 59.3 Å². The van der Waals surface area contributed by atoms with Gasteiger partial charge >= 0.3 is 5.97 Å². The van der Waals surface area contributed by atoms with Crippen molar-refractivity contribution in [3.8, 4) is 11.5 Å². The highest BCUT2D eigenvalue weighted by atomic mass is 16.5. The maximum Gasteiger partial charge on any atom is 0.340 e. The molecule has 0 fully saturated rings. The van der Waals surface area contributed by atoms with Gasteiger partial charge in [-0.05, 0) is 37.6 Å². The minimum absolute atomic E-state index is 0.244. The summed E-state index contributed by atoms with van der Waals surface area (Å²) in [4.78, 5) is 27.3. The summed E-state index contributed by atoms with van der Waals surface area (Å²) in [5.41, 5.74) is 3.48. The molecule has 0 aromatic heterocycles. The molecule has 29 heavy (non-hydrogen) atoms. The van der Waals surface area contributed by atoms with E-state index in [0.29, 0.717) is 22.9 Å². The summed E-state index contributed by atoms with van der Waals surface area (Å²) in [6.45, 7) is 3.69. The zero-order chi connectivity index (χ0) is 21.1. The van der Waals surface area contributed by atoms with Gasteiger partial charge in [-0.3, -0.25) is 9.69 Å². The number of anilines is 1. The minimum Gasteiger partial charge on any atom is -0.493 e. The molecule has 150 valence electrons. The molecule has 0 spiro atoms. The van der Waals surface area contributed by atoms with Crippen molar-refractivity contribution < 1.29 is 23.8 Å². The number of hydrogen-bond acceptors (Lipinski definition) is 5. The second-order valence-corrected chi connectivity index (χ2v) is 6.60. The van der Waals surface area contributed by atoms with Crippen molar-refractivity contribution in [3.05, 3.63) is 70.4 Å². The van der Waals surface area contributed by atoms with Crippen LogP contribution in [0, 0.1) is 6.92 Å². The molecule has 1 aliphatic heterocycles. The van der Waals surface area contributed by atoms with E-state index in [1.54, 1.807) is 38.3 Å². The maximum absolute atomic E-state index is 13.3. The van der Waals surface area contributed by atoms with Crippen molar-refractivity contribution in [2.24, 2.45) is 0 Å². The van der Waals surface area contributed by atoms with Crippen LogP contribution < -0.4 is 14.4 Å². The predicted molar refractivity (Wildman–Crippen MR) is 111 cm³/mol. The third kappa shape index (κ3) is 3.74. The number of carbonyl (C=O) groups excluding carboxylic acids is 2. The fourth-order valence-electron chi connectivity index (χ4n) is 3.38. The number of aryl methyl sites for hydroxylation is 1. The number of amides is 1. The molecule has 3 rings (SSSR count). The fraction of sp³-hybridized carbons (Fsp3) is 0.217. The summed E-state index contributed by atoms with van der Waals surface area (Å²) in [5.74, 6) is 0.170. The molecule has 1 heterocycles. The first-order valence-corrected chi connectivity index (χ1v) is 9.05. The summed E-state index contributed by atoms with van der Waals surface area (Å²) in [7, 11) is 4.37. The first kappa shape index (κ1) is 20.2. The van der Waals surface area contributed by atoms with Crippen LogP contribution in [0.4, 0.5) is 5.69 Å². The molecular weight excluding hydrogens is 370 g/mol. The van der Waals surface area contributed by atoms with Crippen molar-refractivity contribution in [1.29, 1.82) is 0 Å². The van der Waals surface area contributed by atoms with Gasteiger partial charge in [0.25, 0.3) is 5.91 Å². The Labute approximate surface area is 170 Å². The van der Waals surface area contributed by atoms with E-state index in [-0.39, 0.29) is 17.1 Å². The molecule has 0 saturated carbocycles. The number of benzene rings is 2. The van der Waals surface area contributed by atoms with Gasteiger partial charge in [0, 0.05) is 11.8 Å². The van der Waals surface area contributed by atoms with Gasteiger partial charge in [-0.25, -0.2) is 4.79 Å². The summed E-state index contributed by atoms with van der Waals surface area (Å²) in [5, 5.41) is 0. The summed E-state index contributed by atoms with van der Waals surface area (Å²) >= 11 is 0. The Kier molecular flexibility index (Phi) is 5.73. The zero-order valence-electron chi connectivity index (χ0n) is 17.1. The minimum atomic E-state index is -0.558. The third-order valence-corrected chi connectivity index (χ3v) is 4.77. The maximum atomic E-state index is 13.3. The average molecular weight is 393 g/mol. The SMILES string of the molecule is COC(=O)C1=C(C)N(c2ccc(OC)c(OC)c2)C(=O)/C1=C\c1cccc(C)c1. The molecule has 0 saturated heterocycles. The van der Waals surface area contributed by atoms with Crippen LogP contribution in [-0.2, 0) is 14.3 Å². The molecule has 0 radical (unpaired) electrons. The number of methoxy groups -OCH3 is 3. The lowest BCUT2D eigenvalue weighted by Gasteiger charge is -2.19. The molecule has 0 aliphatic carbocycles. The molecule has 6 nitrogen and oxygen atoms in total. The van der Waals surface area contributed by atoms with Gasteiger partial charge in [0.2, 0.25) is 0 Å². The molecule has 0 N–H and O–H groups in total. The van der Waals surface area contributed by atoms with Crippen LogP contribution >= 0.6 is 0 Å². The van der Waals surface area contributed by atoms with E-state index in [1.807, 2.05) is 31.2 Å². The second kappa shape index (κ2) is 8.22. The fourth-order valence-corrected chi connectivity index (χ4v) is 3.38. The lowest BCUT2D eigenvalue weighted by atomic mass is 10.0. The zero-order valence-corrected chi connectivity index (χ0v) is 17.1. The molecule has 0 unspecified atom stereocenters. The van der Waals surface area contributed by atoms with Gasteiger partial charge in [0.15, 0.2) is 11.5 Å². The van der Waals surface area contributed by atoms with Gasteiger partial charge in [0.05, 0.1) is 38.2 Å². The quantitative estimate of drug-likeness (QED) is 0.570. The molecule has 0 bridgehead atoms. The van der Waals surface area contributed by atoms with Crippen LogP contribution in [-0.4, -0.2) is 33.2 Å². The third-order valence-electron chi connectivity index (χ3n) is 4.77. The number of nitrogens with zero attached hydrogens (tertiary/aromatic N) is 1. The number of ether oxygens (including phenoxy) is 3. The van der Waals surface area contributed by atoms with Gasteiger partial charge in [-0.1, -0.05) is 29.8 Å². The van der Waals surface area contributed by atoms with Gasteiger partial charge in [-0.2, -0.15) is 0 Å². The van der Waals surface area contributed by atoms with E-state index in [9.17, 15) is 9.59 Å². The number of esters is 1. The van der Waals surface area contributed by atoms with Gasteiger partial charge < -0.3 is 14.2 Å². The molecule has 1 amide bonds. The summed E-state index contributed by atoms with van der Waals surface area (Å²) in [6.07, 6.45) is 1.71. The molecule has 2 aromatic rings. The highest BCUT2D eigenvalue weighted by molar-refractivity contribution is 6.23. The number of allylic oxidation sites excluding steroid dienone is 1. The normalized spacial score (nSPS) is 15.1. The Bertz CT molecular complexity index is 1040. The predicted octanol–water partition coefficient (Wildman–Crippen LogP) is 3.89. The van der Waals surface area contributed by atoms with Crippen molar-refractivity contribution in [3.63, 3.8) is 0 Å². The number of carbonyl (C=O) groups is 2. The molecule has 6 heteroatoms. The highest BCUT2D eigenvalue weighted by Crippen LogP contribution is 2.39. The monoisotopic (exact) mass is 393 g/mol. The first-order chi connectivity index (χ1) is 13.9. The van der Waals surface area contributed by atoms with Crippen LogP contribution in [0.3, 0.4) is 0 Å². The molecule has 1 aliphatic rings. The summed E-state index contributed by atoms with van der Waals surface area (Å²) in [6, 6.07) is 12.9. The Balaban J connectivity index is 2.14. The van der Waals surface area contributed by atoms with Crippen LogP contribution in [0.2, 0.25) is 0 Å². The number of hydrogen-bond donors (Lipinski definition) is 0. The van der Waals surface area contributed by atoms with E-state index in [2.05, 4.69) is 0 Å². The first-order valence-electron chi connectivity index (χ1n) is 9.05. The topological polar surface area (TPSA) is 65.1 Å². The lowest BCUT2D eigenvalue weighted by Crippen LogP contribution is -2.24. The van der Waals surface area contributed by atoms with Gasteiger partial charge in [0.1, 0.15) is 0 Å². The molecular formula is C23H23NO5. The molecule has 2 aromatic carbocycles. The Morgan fingerprint density at radius 1 is 0.966 bits per heavy atom. The molecule has 0 atom stereocenters. The Morgan fingerprint density at radius 3 is 2.31 bits per heavy atom. The van der Waals surface area contributed by atoms with E-state index >= 15 is 0 Å². The second-order valence-electron chi connectivity index (χ2n) is 6.60. The Morgan fingerprint density at radius 2 is 1.69 bits per heavy atom. The van der Waals surface area contributed by atoms with E-state index in [4.69, 9.17) is 14.2 Å².